The number of aryl methyl sites for hydroxylation is 1. The molecule has 6 nitrogen and oxygen atoms in total. The highest BCUT2D eigenvalue weighted by atomic mass is 19.4. The summed E-state index contributed by atoms with van der Waals surface area (Å²) in [5.41, 5.74) is 2.12. The number of aromatic nitrogens is 2. The van der Waals surface area contributed by atoms with E-state index < -0.39 is 11.7 Å². The Morgan fingerprint density at radius 3 is 2.59 bits per heavy atom. The quantitative estimate of drug-likeness (QED) is 0.557. The first-order valence-electron chi connectivity index (χ1n) is 11.1. The molecule has 0 aliphatic carbocycles. The molecule has 1 N–H and O–H groups in total. The molecule has 1 aliphatic heterocycles. The van der Waals surface area contributed by atoms with Crippen molar-refractivity contribution in [1.29, 1.82) is 0 Å². The minimum atomic E-state index is -4.35. The second-order valence-corrected chi connectivity index (χ2v) is 8.50. The molecule has 1 fully saturated rings. The third kappa shape index (κ3) is 5.35. The van der Waals surface area contributed by atoms with Crippen molar-refractivity contribution in [2.24, 2.45) is 5.92 Å². The Morgan fingerprint density at radius 2 is 1.94 bits per heavy atom. The number of hydrogen-bond acceptors (Lipinski definition) is 4. The highest BCUT2D eigenvalue weighted by Gasteiger charge is 2.31. The number of anilines is 1. The average molecular weight is 473 g/mol. The second kappa shape index (κ2) is 9.79. The van der Waals surface area contributed by atoms with Crippen molar-refractivity contribution >= 4 is 11.6 Å². The molecule has 3 aromatic rings. The van der Waals surface area contributed by atoms with E-state index in [1.54, 1.807) is 31.6 Å². The van der Waals surface area contributed by atoms with Gasteiger partial charge in [-0.15, -0.1) is 0 Å². The topological polar surface area (TPSA) is 59.4 Å². The first-order chi connectivity index (χ1) is 16.2. The number of ether oxygens (including phenoxy) is 1. The van der Waals surface area contributed by atoms with Gasteiger partial charge in [-0.2, -0.15) is 13.2 Å². The van der Waals surface area contributed by atoms with E-state index >= 15 is 0 Å². The Balaban J connectivity index is 1.32. The summed E-state index contributed by atoms with van der Waals surface area (Å²) in [6, 6.07) is 10.7. The molecule has 0 spiro atoms. The molecule has 9 heteroatoms. The van der Waals surface area contributed by atoms with Gasteiger partial charge in [0.05, 0.1) is 30.4 Å². The van der Waals surface area contributed by atoms with Crippen molar-refractivity contribution in [2.75, 3.05) is 31.6 Å². The van der Waals surface area contributed by atoms with Gasteiger partial charge in [-0.05, 0) is 62.1 Å². The lowest BCUT2D eigenvalue weighted by Gasteiger charge is -2.34. The fourth-order valence-electron chi connectivity index (χ4n) is 4.20. The number of halogens is 3. The van der Waals surface area contributed by atoms with Crippen LogP contribution in [0.15, 0.2) is 55.0 Å². The number of nitrogens with one attached hydrogen (secondary N) is 1. The Kier molecular flexibility index (Phi) is 6.81. The summed E-state index contributed by atoms with van der Waals surface area (Å²) < 4.78 is 46.3. The molecular formula is C25H27F3N4O2. The summed E-state index contributed by atoms with van der Waals surface area (Å²) in [7, 11) is 1.56. The number of amides is 1. The van der Waals surface area contributed by atoms with Gasteiger partial charge in [0.2, 0.25) is 0 Å². The number of methoxy groups -OCH3 is 1. The predicted octanol–water partition coefficient (Wildman–Crippen LogP) is 4.85. The van der Waals surface area contributed by atoms with E-state index in [0.717, 1.165) is 30.3 Å². The van der Waals surface area contributed by atoms with Crippen molar-refractivity contribution in [3.8, 4) is 11.4 Å². The van der Waals surface area contributed by atoms with Gasteiger partial charge in [0, 0.05) is 37.1 Å². The standard InChI is InChI=1S/C25H27F3N4O2/c1-17-15-32(16-30-17)22-7-6-19(12-23(22)34-2)24(33)29-14-18-8-10-31(11-9-18)21-5-3-4-20(13-21)25(26,27)28/h3-7,12-13,15-16,18H,8-11,14H2,1-2H3,(H,29,33). The highest BCUT2D eigenvalue weighted by molar-refractivity contribution is 5.95. The average Bonchev–Trinajstić information content (AvgIpc) is 3.28. The van der Waals surface area contributed by atoms with Crippen molar-refractivity contribution in [3.63, 3.8) is 0 Å². The lowest BCUT2D eigenvalue weighted by molar-refractivity contribution is -0.137. The van der Waals surface area contributed by atoms with Crippen molar-refractivity contribution < 1.29 is 22.7 Å². The molecule has 2 heterocycles. The number of carbonyl (C=O) groups excluding carboxylic acids is 1. The molecule has 1 aliphatic rings. The SMILES string of the molecule is COc1cc(C(=O)NCC2CCN(c3cccc(C(F)(F)F)c3)CC2)ccc1-n1cnc(C)c1. The van der Waals surface area contributed by atoms with Crippen LogP contribution in [0.1, 0.15) is 34.5 Å². The van der Waals surface area contributed by atoms with E-state index in [2.05, 4.69) is 10.3 Å². The molecule has 34 heavy (non-hydrogen) atoms. The predicted molar refractivity (Wildman–Crippen MR) is 124 cm³/mol. The molecule has 1 amide bonds. The van der Waals surface area contributed by atoms with Crippen LogP contribution in [0, 0.1) is 12.8 Å². The summed E-state index contributed by atoms with van der Waals surface area (Å²) in [6.45, 7) is 3.71. The van der Waals surface area contributed by atoms with E-state index in [1.807, 2.05) is 28.7 Å². The fourth-order valence-corrected chi connectivity index (χ4v) is 4.20. The van der Waals surface area contributed by atoms with E-state index in [-0.39, 0.29) is 11.8 Å². The number of hydrogen-bond donors (Lipinski definition) is 1. The molecule has 0 bridgehead atoms. The fraction of sp³-hybridized carbons (Fsp3) is 0.360. The summed E-state index contributed by atoms with van der Waals surface area (Å²) >= 11 is 0. The normalized spacial score (nSPS) is 14.8. The molecule has 4 rings (SSSR count). The zero-order valence-corrected chi connectivity index (χ0v) is 19.1. The minimum Gasteiger partial charge on any atom is -0.495 e. The molecule has 0 atom stereocenters. The van der Waals surface area contributed by atoms with Crippen molar-refractivity contribution in [2.45, 2.75) is 25.9 Å². The minimum absolute atomic E-state index is 0.188. The zero-order valence-electron chi connectivity index (χ0n) is 19.1. The molecule has 1 saturated heterocycles. The number of alkyl halides is 3. The van der Waals surface area contributed by atoms with Crippen LogP contribution in [0.4, 0.5) is 18.9 Å². The van der Waals surface area contributed by atoms with Gasteiger partial charge in [-0.1, -0.05) is 6.07 Å². The summed E-state index contributed by atoms with van der Waals surface area (Å²) in [4.78, 5) is 18.9. The third-order valence-electron chi connectivity index (χ3n) is 6.14. The number of nitrogens with zero attached hydrogens (tertiary/aromatic N) is 3. The maximum Gasteiger partial charge on any atom is 0.416 e. The van der Waals surface area contributed by atoms with E-state index in [1.165, 1.54) is 12.1 Å². The van der Waals surface area contributed by atoms with Crippen molar-refractivity contribution in [1.82, 2.24) is 14.9 Å². The van der Waals surface area contributed by atoms with Gasteiger partial charge in [0.1, 0.15) is 5.75 Å². The number of rotatable bonds is 6. The number of carbonyl (C=O) groups is 1. The van der Waals surface area contributed by atoms with Gasteiger partial charge >= 0.3 is 6.18 Å². The molecular weight excluding hydrogens is 445 g/mol. The van der Waals surface area contributed by atoms with Crippen LogP contribution >= 0.6 is 0 Å². The first kappa shape index (κ1) is 23.7. The number of imidazole rings is 1. The summed E-state index contributed by atoms with van der Waals surface area (Å²) in [5, 5.41) is 2.99. The number of benzene rings is 2. The van der Waals surface area contributed by atoms with Crippen LogP contribution < -0.4 is 15.0 Å². The third-order valence-corrected chi connectivity index (χ3v) is 6.14. The highest BCUT2D eigenvalue weighted by Crippen LogP contribution is 2.33. The summed E-state index contributed by atoms with van der Waals surface area (Å²) in [6.07, 6.45) is 0.802. The molecule has 0 radical (unpaired) electrons. The molecule has 1 aromatic heterocycles. The Bertz CT molecular complexity index is 1150. The van der Waals surface area contributed by atoms with Gasteiger partial charge in [0.25, 0.3) is 5.91 Å². The summed E-state index contributed by atoms with van der Waals surface area (Å²) in [5.74, 6) is 0.646. The Hall–Kier alpha value is -3.49. The first-order valence-corrected chi connectivity index (χ1v) is 11.1. The van der Waals surface area contributed by atoms with Crippen LogP contribution in [-0.4, -0.2) is 42.2 Å². The van der Waals surface area contributed by atoms with Gasteiger partial charge in [-0.3, -0.25) is 4.79 Å². The Morgan fingerprint density at radius 1 is 1.18 bits per heavy atom. The molecule has 0 unspecified atom stereocenters. The van der Waals surface area contributed by atoms with Gasteiger partial charge in [0.15, 0.2) is 0 Å². The van der Waals surface area contributed by atoms with Crippen LogP contribution in [0.25, 0.3) is 5.69 Å². The van der Waals surface area contributed by atoms with Crippen LogP contribution in [0.5, 0.6) is 5.75 Å². The van der Waals surface area contributed by atoms with Gasteiger partial charge < -0.3 is 19.5 Å². The largest absolute Gasteiger partial charge is 0.495 e. The zero-order chi connectivity index (χ0) is 24.3. The van der Waals surface area contributed by atoms with Crippen molar-refractivity contribution in [3.05, 3.63) is 71.8 Å². The second-order valence-electron chi connectivity index (χ2n) is 8.50. The van der Waals surface area contributed by atoms with Crippen LogP contribution in [0.3, 0.4) is 0 Å². The lowest BCUT2D eigenvalue weighted by atomic mass is 9.96. The van der Waals surface area contributed by atoms with E-state index in [0.29, 0.717) is 36.6 Å². The number of piperidine rings is 1. The van der Waals surface area contributed by atoms with E-state index in [9.17, 15) is 18.0 Å². The van der Waals surface area contributed by atoms with E-state index in [4.69, 9.17) is 4.74 Å². The lowest BCUT2D eigenvalue weighted by Crippen LogP contribution is -2.38. The van der Waals surface area contributed by atoms with Gasteiger partial charge in [-0.25, -0.2) is 4.98 Å². The molecule has 0 saturated carbocycles. The molecule has 2 aromatic carbocycles. The smallest absolute Gasteiger partial charge is 0.416 e. The maximum absolute atomic E-state index is 13.0. The Labute approximate surface area is 196 Å². The monoisotopic (exact) mass is 472 g/mol. The molecule has 180 valence electrons. The van der Waals surface area contributed by atoms with Crippen LogP contribution in [-0.2, 0) is 6.18 Å². The van der Waals surface area contributed by atoms with Crippen LogP contribution in [0.2, 0.25) is 0 Å². The maximum atomic E-state index is 13.0.